The van der Waals surface area contributed by atoms with E-state index in [2.05, 4.69) is 41.8 Å². The number of sulfonamides is 1. The van der Waals surface area contributed by atoms with Crippen LogP contribution in [0.15, 0.2) is 76.1 Å². The lowest BCUT2D eigenvalue weighted by atomic mass is 10.2. The molecule has 0 aliphatic carbocycles. The van der Waals surface area contributed by atoms with Gasteiger partial charge >= 0.3 is 0 Å². The molecule has 0 atom stereocenters. The highest BCUT2D eigenvalue weighted by atomic mass is 79.9. The zero-order valence-corrected chi connectivity index (χ0v) is 24.2. The predicted octanol–water partition coefficient (Wildman–Crippen LogP) is 5.07. The van der Waals surface area contributed by atoms with Gasteiger partial charge in [0.05, 0.1) is 15.1 Å². The van der Waals surface area contributed by atoms with Crippen LogP contribution in [0.5, 0.6) is 0 Å². The molecule has 0 radical (unpaired) electrons. The molecule has 8 nitrogen and oxygen atoms in total. The number of hydrogen-bond acceptors (Lipinski definition) is 7. The molecule has 198 valence electrons. The first-order valence-electron chi connectivity index (χ1n) is 12.0. The number of benzene rings is 3. The van der Waals surface area contributed by atoms with Crippen molar-refractivity contribution in [3.63, 3.8) is 0 Å². The third-order valence-electron chi connectivity index (χ3n) is 6.22. The summed E-state index contributed by atoms with van der Waals surface area (Å²) in [5.41, 5.74) is 1.85. The third-order valence-corrected chi connectivity index (χ3v) is 9.44. The Morgan fingerprint density at radius 1 is 1.00 bits per heavy atom. The lowest BCUT2D eigenvalue weighted by Crippen LogP contribution is -2.48. The molecule has 2 heterocycles. The van der Waals surface area contributed by atoms with Gasteiger partial charge in [0.25, 0.3) is 15.9 Å². The van der Waals surface area contributed by atoms with E-state index in [1.54, 1.807) is 35.6 Å². The number of nitrogens with one attached hydrogen (secondary N) is 2. The molecule has 1 saturated heterocycles. The van der Waals surface area contributed by atoms with Crippen molar-refractivity contribution in [1.29, 1.82) is 0 Å². The quantitative estimate of drug-likeness (QED) is 0.281. The maximum absolute atomic E-state index is 12.6. The van der Waals surface area contributed by atoms with Crippen LogP contribution in [0.1, 0.15) is 10.4 Å². The number of fused-ring (bicyclic) bond motifs is 1. The van der Waals surface area contributed by atoms with Gasteiger partial charge in [-0.2, -0.15) is 0 Å². The van der Waals surface area contributed by atoms with Gasteiger partial charge in [0.1, 0.15) is 0 Å². The third kappa shape index (κ3) is 6.47. The highest BCUT2D eigenvalue weighted by Gasteiger charge is 2.20. The summed E-state index contributed by atoms with van der Waals surface area (Å²) in [6.07, 6.45) is 0. The largest absolute Gasteiger partial charge is 0.351 e. The maximum atomic E-state index is 12.6. The molecule has 12 heteroatoms. The first-order valence-corrected chi connectivity index (χ1v) is 15.4. The number of aromatic nitrogens is 1. The minimum atomic E-state index is -3.74. The van der Waals surface area contributed by atoms with Gasteiger partial charge < -0.3 is 10.2 Å². The number of rotatable bonds is 8. The fourth-order valence-corrected chi connectivity index (χ4v) is 6.89. The molecule has 1 aliphatic rings. The fraction of sp³-hybridized carbons (Fsp3) is 0.231. The first kappa shape index (κ1) is 26.9. The van der Waals surface area contributed by atoms with E-state index >= 15 is 0 Å². The summed E-state index contributed by atoms with van der Waals surface area (Å²) < 4.78 is 29.8. The van der Waals surface area contributed by atoms with Crippen molar-refractivity contribution >= 4 is 75.8 Å². The van der Waals surface area contributed by atoms with Crippen molar-refractivity contribution in [3.8, 4) is 0 Å². The molecule has 1 fully saturated rings. The molecule has 5 rings (SSSR count). The smallest absolute Gasteiger partial charge is 0.261 e. The topological polar surface area (TPSA) is 94.6 Å². The van der Waals surface area contributed by atoms with Crippen molar-refractivity contribution in [3.05, 3.63) is 81.8 Å². The minimum Gasteiger partial charge on any atom is -0.351 e. The molecular weight excluding hydrogens is 610 g/mol. The van der Waals surface area contributed by atoms with Gasteiger partial charge in [-0.05, 0) is 66.7 Å². The second-order valence-corrected chi connectivity index (χ2v) is 12.9. The van der Waals surface area contributed by atoms with E-state index in [1.165, 1.54) is 29.0 Å². The monoisotopic (exact) mass is 633 g/mol. The molecule has 4 aromatic rings. The highest BCUT2D eigenvalue weighted by molar-refractivity contribution is 9.10. The van der Waals surface area contributed by atoms with Crippen LogP contribution in [0.3, 0.4) is 0 Å². The summed E-state index contributed by atoms with van der Waals surface area (Å²) in [6.45, 7) is 4.87. The molecular formula is C26H25BrClN5O3S2. The van der Waals surface area contributed by atoms with Crippen LogP contribution in [0, 0.1) is 0 Å². The Morgan fingerprint density at radius 3 is 2.42 bits per heavy atom. The van der Waals surface area contributed by atoms with Crippen LogP contribution >= 0.6 is 38.9 Å². The fourth-order valence-electron chi connectivity index (χ4n) is 4.13. The SMILES string of the molecule is O=C(NCCN1CCN(c2nc3ccc(Br)cc3s2)CC1)c1ccc(NS(=O)(=O)c2ccc(Cl)cc2)cc1. The average molecular weight is 635 g/mol. The Bertz CT molecular complexity index is 1540. The summed E-state index contributed by atoms with van der Waals surface area (Å²) in [6, 6.07) is 18.4. The second kappa shape index (κ2) is 11.6. The second-order valence-electron chi connectivity index (χ2n) is 8.83. The van der Waals surface area contributed by atoms with Gasteiger partial charge in [-0.25, -0.2) is 13.4 Å². The van der Waals surface area contributed by atoms with Gasteiger partial charge in [0.15, 0.2) is 5.13 Å². The predicted molar refractivity (Wildman–Crippen MR) is 157 cm³/mol. The minimum absolute atomic E-state index is 0.109. The molecule has 2 N–H and O–H groups in total. The van der Waals surface area contributed by atoms with Gasteiger partial charge in [0, 0.05) is 60.0 Å². The highest BCUT2D eigenvalue weighted by Crippen LogP contribution is 2.31. The zero-order valence-electron chi connectivity index (χ0n) is 20.2. The van der Waals surface area contributed by atoms with Crippen molar-refractivity contribution in [2.24, 2.45) is 0 Å². The summed E-state index contributed by atoms with van der Waals surface area (Å²) in [5, 5.41) is 4.46. The number of carbonyl (C=O) groups excluding carboxylic acids is 1. The first-order chi connectivity index (χ1) is 18.3. The Balaban J connectivity index is 1.07. The molecule has 0 bridgehead atoms. The lowest BCUT2D eigenvalue weighted by molar-refractivity contribution is 0.0948. The number of piperazine rings is 1. The molecule has 0 spiro atoms. The van der Waals surface area contributed by atoms with Crippen LogP contribution in [0.2, 0.25) is 5.02 Å². The molecule has 1 aliphatic heterocycles. The van der Waals surface area contributed by atoms with Gasteiger partial charge in [-0.15, -0.1) is 0 Å². The van der Waals surface area contributed by atoms with Crippen molar-refractivity contribution < 1.29 is 13.2 Å². The van der Waals surface area contributed by atoms with E-state index in [4.69, 9.17) is 16.6 Å². The molecule has 1 aromatic heterocycles. The zero-order chi connectivity index (χ0) is 26.7. The molecule has 0 saturated carbocycles. The number of amides is 1. The van der Waals surface area contributed by atoms with Gasteiger partial charge in [-0.1, -0.05) is 38.9 Å². The Hall–Kier alpha value is -2.70. The number of thiazole rings is 1. The molecule has 1 amide bonds. The lowest BCUT2D eigenvalue weighted by Gasteiger charge is -2.34. The number of hydrogen-bond donors (Lipinski definition) is 2. The Labute approximate surface area is 238 Å². The summed E-state index contributed by atoms with van der Waals surface area (Å²) in [5.74, 6) is -0.198. The van der Waals surface area contributed by atoms with Crippen LogP contribution in [-0.4, -0.2) is 63.5 Å². The maximum Gasteiger partial charge on any atom is 0.261 e. The Kier molecular flexibility index (Phi) is 8.20. The summed E-state index contributed by atoms with van der Waals surface area (Å²) in [7, 11) is -3.74. The van der Waals surface area contributed by atoms with E-state index in [0.29, 0.717) is 22.8 Å². The summed E-state index contributed by atoms with van der Waals surface area (Å²) >= 11 is 11.1. The number of carbonyl (C=O) groups is 1. The average Bonchev–Trinajstić information content (AvgIpc) is 3.33. The number of nitrogens with zero attached hydrogens (tertiary/aromatic N) is 3. The van der Waals surface area contributed by atoms with Crippen LogP contribution in [0.4, 0.5) is 10.8 Å². The van der Waals surface area contributed by atoms with E-state index in [-0.39, 0.29) is 10.8 Å². The van der Waals surface area contributed by atoms with Crippen LogP contribution in [0.25, 0.3) is 10.2 Å². The molecule has 38 heavy (non-hydrogen) atoms. The molecule has 3 aromatic carbocycles. The van der Waals surface area contributed by atoms with E-state index in [0.717, 1.165) is 47.8 Å². The standard InChI is InChI=1S/C26H25BrClN5O3S2/c27-19-3-10-23-24(17-19)37-26(30-23)33-15-13-32(14-16-33)12-11-29-25(34)18-1-6-21(7-2-18)31-38(35,36)22-8-4-20(28)5-9-22/h1-10,17,31H,11-16H2,(H,29,34). The van der Waals surface area contributed by atoms with Gasteiger partial charge in [-0.3, -0.25) is 14.4 Å². The van der Waals surface area contributed by atoms with Crippen molar-refractivity contribution in [2.45, 2.75) is 4.90 Å². The van der Waals surface area contributed by atoms with E-state index in [1.807, 2.05) is 12.1 Å². The normalized spacial score (nSPS) is 14.5. The van der Waals surface area contributed by atoms with E-state index < -0.39 is 10.0 Å². The number of anilines is 2. The van der Waals surface area contributed by atoms with Crippen LogP contribution in [-0.2, 0) is 10.0 Å². The van der Waals surface area contributed by atoms with E-state index in [9.17, 15) is 13.2 Å². The van der Waals surface area contributed by atoms with Crippen molar-refractivity contribution in [2.75, 3.05) is 48.9 Å². The molecule has 0 unspecified atom stereocenters. The van der Waals surface area contributed by atoms with Crippen LogP contribution < -0.4 is 14.9 Å². The Morgan fingerprint density at radius 2 is 1.71 bits per heavy atom. The van der Waals surface area contributed by atoms with Crippen molar-refractivity contribution in [1.82, 2.24) is 15.2 Å². The number of halogens is 2. The van der Waals surface area contributed by atoms with Gasteiger partial charge in [0.2, 0.25) is 0 Å². The summed E-state index contributed by atoms with van der Waals surface area (Å²) in [4.78, 5) is 22.1.